The number of nitrogens with one attached hydrogen (secondary N) is 3. The van der Waals surface area contributed by atoms with Gasteiger partial charge < -0.3 is 25.4 Å². The maximum atomic E-state index is 11.7. The van der Waals surface area contributed by atoms with Gasteiger partial charge in [0, 0.05) is 25.7 Å². The summed E-state index contributed by atoms with van der Waals surface area (Å²) in [5.74, 6) is -0.0502. The molecule has 1 aliphatic rings. The van der Waals surface area contributed by atoms with Gasteiger partial charge in [0.1, 0.15) is 6.61 Å². The number of rotatable bonds is 9. The quantitative estimate of drug-likeness (QED) is 0.581. The van der Waals surface area contributed by atoms with Crippen molar-refractivity contribution >= 4 is 12.0 Å². The number of methoxy groups -OCH3 is 1. The summed E-state index contributed by atoms with van der Waals surface area (Å²) in [5, 5.41) is 8.74. The zero-order chi connectivity index (χ0) is 17.2. The molecule has 7 nitrogen and oxygen atoms in total. The molecule has 0 spiro atoms. The molecule has 0 bridgehead atoms. The van der Waals surface area contributed by atoms with Gasteiger partial charge in [-0.15, -0.1) is 0 Å². The first-order valence-electron chi connectivity index (χ1n) is 8.13. The first-order chi connectivity index (χ1) is 11.7. The van der Waals surface area contributed by atoms with E-state index in [1.165, 1.54) is 0 Å². The number of carbonyl (C=O) groups excluding carboxylic acids is 2. The Morgan fingerprint density at radius 2 is 1.92 bits per heavy atom. The minimum absolute atomic E-state index is 0.0502. The SMILES string of the molecule is COCCNC(=O)CNC1CC(NC(=O)OCc2ccccc2)C1. The minimum atomic E-state index is -0.403. The molecule has 0 unspecified atom stereocenters. The third kappa shape index (κ3) is 6.55. The van der Waals surface area contributed by atoms with Crippen LogP contribution < -0.4 is 16.0 Å². The lowest BCUT2D eigenvalue weighted by Gasteiger charge is -2.35. The van der Waals surface area contributed by atoms with E-state index in [0.717, 1.165) is 18.4 Å². The van der Waals surface area contributed by atoms with Crippen LogP contribution in [0.15, 0.2) is 30.3 Å². The monoisotopic (exact) mass is 335 g/mol. The number of carbonyl (C=O) groups is 2. The van der Waals surface area contributed by atoms with Gasteiger partial charge in [-0.3, -0.25) is 4.79 Å². The Morgan fingerprint density at radius 1 is 1.17 bits per heavy atom. The smallest absolute Gasteiger partial charge is 0.407 e. The van der Waals surface area contributed by atoms with E-state index in [9.17, 15) is 9.59 Å². The van der Waals surface area contributed by atoms with Crippen LogP contribution in [0.25, 0.3) is 0 Å². The molecular formula is C17H25N3O4. The zero-order valence-electron chi connectivity index (χ0n) is 13.9. The fourth-order valence-electron chi connectivity index (χ4n) is 2.43. The van der Waals surface area contributed by atoms with Gasteiger partial charge >= 0.3 is 6.09 Å². The van der Waals surface area contributed by atoms with Crippen molar-refractivity contribution in [2.24, 2.45) is 0 Å². The third-order valence-corrected chi connectivity index (χ3v) is 3.85. The summed E-state index contributed by atoms with van der Waals surface area (Å²) in [7, 11) is 1.59. The van der Waals surface area contributed by atoms with Crippen molar-refractivity contribution in [2.45, 2.75) is 31.5 Å². The van der Waals surface area contributed by atoms with E-state index in [0.29, 0.717) is 13.2 Å². The lowest BCUT2D eigenvalue weighted by atomic mass is 9.87. The van der Waals surface area contributed by atoms with Crippen molar-refractivity contribution in [3.8, 4) is 0 Å². The van der Waals surface area contributed by atoms with E-state index in [4.69, 9.17) is 9.47 Å². The second kappa shape index (κ2) is 9.89. The van der Waals surface area contributed by atoms with Crippen molar-refractivity contribution in [3.05, 3.63) is 35.9 Å². The van der Waals surface area contributed by atoms with Gasteiger partial charge in [0.05, 0.1) is 13.2 Å². The van der Waals surface area contributed by atoms with Crippen LogP contribution in [0.5, 0.6) is 0 Å². The molecule has 2 rings (SSSR count). The standard InChI is InChI=1S/C17H25N3O4/c1-23-8-7-18-16(21)11-19-14-9-15(10-14)20-17(22)24-12-13-5-3-2-4-6-13/h2-6,14-15,19H,7-12H2,1H3,(H,18,21)(H,20,22). The Balaban J connectivity index is 1.51. The average Bonchev–Trinajstić information content (AvgIpc) is 2.56. The summed E-state index contributed by atoms with van der Waals surface area (Å²) in [6, 6.07) is 9.90. The second-order valence-electron chi connectivity index (χ2n) is 5.79. The summed E-state index contributed by atoms with van der Waals surface area (Å²) >= 11 is 0. The highest BCUT2D eigenvalue weighted by molar-refractivity contribution is 5.78. The largest absolute Gasteiger partial charge is 0.445 e. The number of benzene rings is 1. The van der Waals surface area contributed by atoms with E-state index in [1.807, 2.05) is 30.3 Å². The van der Waals surface area contributed by atoms with Gasteiger partial charge in [0.2, 0.25) is 5.91 Å². The van der Waals surface area contributed by atoms with Gasteiger partial charge in [-0.05, 0) is 18.4 Å². The van der Waals surface area contributed by atoms with Gasteiger partial charge in [-0.1, -0.05) is 30.3 Å². The Kier molecular flexibility index (Phi) is 7.51. The van der Waals surface area contributed by atoms with E-state index in [2.05, 4.69) is 16.0 Å². The molecule has 7 heteroatoms. The molecule has 24 heavy (non-hydrogen) atoms. The summed E-state index contributed by atoms with van der Waals surface area (Å²) < 4.78 is 10.0. The molecule has 3 N–H and O–H groups in total. The van der Waals surface area contributed by atoms with Crippen LogP contribution in [-0.4, -0.2) is 50.9 Å². The Labute approximate surface area is 142 Å². The molecule has 1 aliphatic carbocycles. The van der Waals surface area contributed by atoms with Crippen molar-refractivity contribution in [1.82, 2.24) is 16.0 Å². The molecule has 0 radical (unpaired) electrons. The molecule has 2 amide bonds. The molecule has 0 atom stereocenters. The van der Waals surface area contributed by atoms with Gasteiger partial charge in [-0.25, -0.2) is 4.79 Å². The number of amides is 2. The summed E-state index contributed by atoms with van der Waals surface area (Å²) in [6.07, 6.45) is 1.19. The Bertz CT molecular complexity index is 518. The number of hydrogen-bond donors (Lipinski definition) is 3. The van der Waals surface area contributed by atoms with Gasteiger partial charge in [0.25, 0.3) is 0 Å². The van der Waals surface area contributed by atoms with Crippen LogP contribution in [0.3, 0.4) is 0 Å². The molecule has 0 aromatic heterocycles. The van der Waals surface area contributed by atoms with Crippen molar-refractivity contribution < 1.29 is 19.1 Å². The predicted octanol–water partition coefficient (Wildman–Crippen LogP) is 0.796. The van der Waals surface area contributed by atoms with E-state index in [1.54, 1.807) is 7.11 Å². The molecule has 0 saturated heterocycles. The summed E-state index contributed by atoms with van der Waals surface area (Å²) in [5.41, 5.74) is 0.959. The van der Waals surface area contributed by atoms with Crippen LogP contribution in [0, 0.1) is 0 Å². The lowest BCUT2D eigenvalue weighted by Crippen LogP contribution is -2.54. The van der Waals surface area contributed by atoms with Crippen molar-refractivity contribution in [1.29, 1.82) is 0 Å². The maximum Gasteiger partial charge on any atom is 0.407 e. The number of alkyl carbamates (subject to hydrolysis) is 1. The number of hydrogen-bond acceptors (Lipinski definition) is 5. The molecule has 0 aliphatic heterocycles. The van der Waals surface area contributed by atoms with Crippen molar-refractivity contribution in [2.75, 3.05) is 26.8 Å². The first kappa shape index (κ1) is 18.2. The molecule has 132 valence electrons. The van der Waals surface area contributed by atoms with Crippen LogP contribution in [0.2, 0.25) is 0 Å². The number of ether oxygens (including phenoxy) is 2. The van der Waals surface area contributed by atoms with E-state index < -0.39 is 6.09 Å². The van der Waals surface area contributed by atoms with Crippen molar-refractivity contribution in [3.63, 3.8) is 0 Å². The highest BCUT2D eigenvalue weighted by Gasteiger charge is 2.30. The molecule has 1 saturated carbocycles. The normalized spacial score (nSPS) is 19.2. The summed E-state index contributed by atoms with van der Waals surface area (Å²) in [4.78, 5) is 23.2. The van der Waals surface area contributed by atoms with Crippen LogP contribution >= 0.6 is 0 Å². The highest BCUT2D eigenvalue weighted by atomic mass is 16.5. The molecule has 0 heterocycles. The van der Waals surface area contributed by atoms with Gasteiger partial charge in [0.15, 0.2) is 0 Å². The zero-order valence-corrected chi connectivity index (χ0v) is 13.9. The summed E-state index contributed by atoms with van der Waals surface area (Å²) in [6.45, 7) is 1.56. The van der Waals surface area contributed by atoms with Crippen LogP contribution in [-0.2, 0) is 20.9 Å². The molecule has 1 aromatic rings. The molecular weight excluding hydrogens is 310 g/mol. The Morgan fingerprint density at radius 3 is 2.62 bits per heavy atom. The predicted molar refractivity (Wildman–Crippen MR) is 89.5 cm³/mol. The van der Waals surface area contributed by atoms with Crippen LogP contribution in [0.1, 0.15) is 18.4 Å². The van der Waals surface area contributed by atoms with Crippen LogP contribution in [0.4, 0.5) is 4.79 Å². The minimum Gasteiger partial charge on any atom is -0.445 e. The molecule has 1 aromatic carbocycles. The fraction of sp³-hybridized carbons (Fsp3) is 0.529. The topological polar surface area (TPSA) is 88.7 Å². The maximum absolute atomic E-state index is 11.7. The van der Waals surface area contributed by atoms with Gasteiger partial charge in [-0.2, -0.15) is 0 Å². The van der Waals surface area contributed by atoms with E-state index >= 15 is 0 Å². The second-order valence-corrected chi connectivity index (χ2v) is 5.79. The first-order valence-corrected chi connectivity index (χ1v) is 8.13. The molecule has 1 fully saturated rings. The Hall–Kier alpha value is -2.12. The third-order valence-electron chi connectivity index (χ3n) is 3.85. The lowest BCUT2D eigenvalue weighted by molar-refractivity contribution is -0.120. The fourth-order valence-corrected chi connectivity index (χ4v) is 2.43. The van der Waals surface area contributed by atoms with E-state index in [-0.39, 0.29) is 31.1 Å². The average molecular weight is 335 g/mol. The highest BCUT2D eigenvalue weighted by Crippen LogP contribution is 2.19.